The van der Waals surface area contributed by atoms with Gasteiger partial charge in [-0.15, -0.1) is 11.3 Å². The monoisotopic (exact) mass is 728 g/mol. The molecule has 0 spiro atoms. The first-order valence-electron chi connectivity index (χ1n) is 17.0. The zero-order valence-corrected chi connectivity index (χ0v) is 30.7. The minimum Gasteiger partial charge on any atom is -0.495 e. The summed E-state index contributed by atoms with van der Waals surface area (Å²) in [5, 5.41) is 9.68. The van der Waals surface area contributed by atoms with Gasteiger partial charge in [0.05, 0.1) is 37.1 Å². The molecule has 3 aliphatic rings. The van der Waals surface area contributed by atoms with Crippen molar-refractivity contribution in [3.05, 3.63) is 28.6 Å². The zero-order valence-electron chi connectivity index (χ0n) is 29.2. The molecule has 1 unspecified atom stereocenters. The van der Waals surface area contributed by atoms with Crippen LogP contribution in [0.15, 0.2) is 23.6 Å². The molecule has 270 valence electrons. The van der Waals surface area contributed by atoms with E-state index in [0.717, 1.165) is 18.0 Å². The number of hydrogen-bond donors (Lipinski definition) is 3. The molecule has 6 rings (SSSR count). The average Bonchev–Trinajstić information content (AvgIpc) is 3.77. The van der Waals surface area contributed by atoms with Gasteiger partial charge < -0.3 is 40.2 Å². The molecule has 0 aliphatic carbocycles. The predicted molar refractivity (Wildman–Crippen MR) is 191 cm³/mol. The Morgan fingerprint density at radius 2 is 1.78 bits per heavy atom. The first-order valence-corrected chi connectivity index (χ1v) is 18.2. The molecule has 3 fully saturated rings. The maximum absolute atomic E-state index is 14.2. The van der Waals surface area contributed by atoms with Crippen LogP contribution in [0, 0.1) is 5.41 Å². The van der Waals surface area contributed by atoms with Crippen LogP contribution in [-0.2, 0) is 19.1 Å². The Labute approximate surface area is 300 Å². The van der Waals surface area contributed by atoms with Gasteiger partial charge in [-0.2, -0.15) is 0 Å². The Hall–Kier alpha value is -3.88. The smallest absolute Gasteiger partial charge is 0.408 e. The van der Waals surface area contributed by atoms with E-state index in [9.17, 15) is 14.4 Å². The number of halogens is 1. The van der Waals surface area contributed by atoms with Gasteiger partial charge in [-0.25, -0.2) is 14.8 Å². The lowest BCUT2D eigenvalue weighted by Crippen LogP contribution is -2.57. The summed E-state index contributed by atoms with van der Waals surface area (Å²) in [5.41, 5.74) is 6.76. The van der Waals surface area contributed by atoms with Crippen molar-refractivity contribution >= 4 is 56.9 Å². The molecular formula is C35H45ClN6O7S. The van der Waals surface area contributed by atoms with E-state index >= 15 is 0 Å². The van der Waals surface area contributed by atoms with Gasteiger partial charge in [0.1, 0.15) is 46.5 Å². The van der Waals surface area contributed by atoms with E-state index < -0.39 is 41.5 Å². The number of fused-ring (bicyclic) bond motifs is 3. The van der Waals surface area contributed by atoms with E-state index in [2.05, 4.69) is 10.6 Å². The predicted octanol–water partition coefficient (Wildman–Crippen LogP) is 5.53. The van der Waals surface area contributed by atoms with Crippen molar-refractivity contribution in [2.24, 2.45) is 11.1 Å². The topological polar surface area (TPSA) is 167 Å². The number of nitrogens with two attached hydrogens (primary N) is 1. The molecule has 3 aliphatic heterocycles. The summed E-state index contributed by atoms with van der Waals surface area (Å²) < 4.78 is 23.7. The molecule has 0 saturated carbocycles. The van der Waals surface area contributed by atoms with Gasteiger partial charge in [-0.3, -0.25) is 9.59 Å². The number of methoxy groups -OCH3 is 1. The molecule has 50 heavy (non-hydrogen) atoms. The highest BCUT2D eigenvalue weighted by Gasteiger charge is 2.46. The standard InChI is InChI=1S/C35H45ClN6O7S/c1-17(2)38-33-40-24(16-50-33)23-14-27(22-9-10-26(46-6)28(36)29(22)39-23)48-21-13-25(31(37)43)42(15-21)32(44)30(35(3,4)5)41-34(45)49-20-11-18-7-8-19(12-20)47-18/h9-10,14,16-21,25,30H,7-8,11-13,15H2,1-6H3,(H2,37,43)(H,38,40)(H,41,45)/t18-,19+,20?,21-,25+,30-/m1/s1. The summed E-state index contributed by atoms with van der Waals surface area (Å²) in [5.74, 6) is -0.219. The van der Waals surface area contributed by atoms with Crippen LogP contribution in [-0.4, -0.2) is 89.0 Å². The zero-order chi connectivity index (χ0) is 35.9. The van der Waals surface area contributed by atoms with Crippen molar-refractivity contribution in [3.63, 3.8) is 0 Å². The minimum atomic E-state index is -0.995. The van der Waals surface area contributed by atoms with Gasteiger partial charge in [-0.05, 0) is 44.2 Å². The number of carbonyl (C=O) groups is 3. The molecule has 0 radical (unpaired) electrons. The van der Waals surface area contributed by atoms with Crippen LogP contribution >= 0.6 is 22.9 Å². The largest absolute Gasteiger partial charge is 0.495 e. The number of pyridine rings is 1. The number of nitrogens with zero attached hydrogens (tertiary/aromatic N) is 3. The second kappa shape index (κ2) is 14.4. The maximum Gasteiger partial charge on any atom is 0.408 e. The number of anilines is 1. The second-order valence-corrected chi connectivity index (χ2v) is 15.8. The van der Waals surface area contributed by atoms with Gasteiger partial charge in [-0.1, -0.05) is 32.4 Å². The van der Waals surface area contributed by atoms with E-state index in [1.165, 1.54) is 23.3 Å². The highest BCUT2D eigenvalue weighted by atomic mass is 35.5. The Morgan fingerprint density at radius 3 is 2.42 bits per heavy atom. The normalized spacial score (nSPS) is 23.9. The Bertz CT molecular complexity index is 1750. The van der Waals surface area contributed by atoms with Crippen LogP contribution in [0.2, 0.25) is 5.02 Å². The number of benzene rings is 1. The minimum absolute atomic E-state index is 0.0568. The quantitative estimate of drug-likeness (QED) is 0.242. The summed E-state index contributed by atoms with van der Waals surface area (Å²) in [6, 6.07) is 3.56. The molecular weight excluding hydrogens is 684 g/mol. The van der Waals surface area contributed by atoms with Crippen LogP contribution in [0.5, 0.6) is 11.5 Å². The van der Waals surface area contributed by atoms with Crippen molar-refractivity contribution in [1.82, 2.24) is 20.2 Å². The molecule has 3 amide bonds. The van der Waals surface area contributed by atoms with E-state index in [-0.39, 0.29) is 37.3 Å². The maximum atomic E-state index is 14.2. The van der Waals surface area contributed by atoms with E-state index in [4.69, 9.17) is 46.3 Å². The molecule has 3 saturated heterocycles. The summed E-state index contributed by atoms with van der Waals surface area (Å²) in [7, 11) is 1.53. The fourth-order valence-electron chi connectivity index (χ4n) is 6.90. The summed E-state index contributed by atoms with van der Waals surface area (Å²) in [6.45, 7) is 9.65. The molecule has 1 aromatic carbocycles. The SMILES string of the molecule is COc1ccc2c(O[C@@H]3C[C@@H](C(N)=O)N(C(=O)[C@@H](NC(=O)OC4C[C@H]5CC[C@@H](C4)O5)C(C)(C)C)C3)cc(-c3csc(NC(C)C)n3)nc2c1Cl. The van der Waals surface area contributed by atoms with Gasteiger partial charge in [0.2, 0.25) is 11.8 Å². The van der Waals surface area contributed by atoms with Crippen LogP contribution in [0.25, 0.3) is 22.3 Å². The van der Waals surface area contributed by atoms with Gasteiger partial charge >= 0.3 is 6.09 Å². The molecule has 3 aromatic rings. The molecule has 5 heterocycles. The number of carbonyl (C=O) groups excluding carboxylic acids is 3. The summed E-state index contributed by atoms with van der Waals surface area (Å²) >= 11 is 8.21. The number of amides is 3. The summed E-state index contributed by atoms with van der Waals surface area (Å²) in [4.78, 5) is 51.1. The fourth-order valence-corrected chi connectivity index (χ4v) is 8.03. The molecule has 13 nitrogen and oxygen atoms in total. The van der Waals surface area contributed by atoms with Gasteiger partial charge in [0.15, 0.2) is 5.13 Å². The number of primary amides is 1. The number of alkyl carbamates (subject to hydrolysis) is 1. The first-order chi connectivity index (χ1) is 23.7. The van der Waals surface area contributed by atoms with Crippen LogP contribution < -0.4 is 25.8 Å². The molecule has 2 bridgehead atoms. The number of rotatable bonds is 10. The number of likely N-dealkylation sites (tertiary alicyclic amines) is 1. The van der Waals surface area contributed by atoms with E-state index in [1.807, 2.05) is 40.0 Å². The number of hydrogen-bond acceptors (Lipinski definition) is 11. The van der Waals surface area contributed by atoms with Crippen LogP contribution in [0.4, 0.5) is 9.93 Å². The Balaban J connectivity index is 1.24. The van der Waals surface area contributed by atoms with Gasteiger partial charge in [0, 0.05) is 42.1 Å². The lowest BCUT2D eigenvalue weighted by molar-refractivity contribution is -0.141. The molecule has 6 atom stereocenters. The van der Waals surface area contributed by atoms with Crippen molar-refractivity contribution < 1.29 is 33.3 Å². The highest BCUT2D eigenvalue weighted by Crippen LogP contribution is 2.40. The number of nitrogens with one attached hydrogen (secondary N) is 2. The third-order valence-electron chi connectivity index (χ3n) is 9.31. The molecule has 15 heteroatoms. The second-order valence-electron chi connectivity index (χ2n) is 14.6. The van der Waals surface area contributed by atoms with E-state index in [1.54, 1.807) is 18.2 Å². The Kier molecular flexibility index (Phi) is 10.3. The first kappa shape index (κ1) is 35.9. The number of ether oxygens (including phenoxy) is 4. The van der Waals surface area contributed by atoms with Gasteiger partial charge in [0.25, 0.3) is 0 Å². The third kappa shape index (κ3) is 7.71. The molecule has 4 N–H and O–H groups in total. The van der Waals surface area contributed by atoms with Crippen LogP contribution in [0.3, 0.4) is 0 Å². The highest BCUT2D eigenvalue weighted by molar-refractivity contribution is 7.14. The fraction of sp³-hybridized carbons (Fsp3) is 0.571. The summed E-state index contributed by atoms with van der Waals surface area (Å²) in [6.07, 6.45) is 1.95. The number of thiazole rings is 1. The van der Waals surface area contributed by atoms with Crippen molar-refractivity contribution in [3.8, 4) is 22.9 Å². The third-order valence-corrected chi connectivity index (χ3v) is 10.4. The Morgan fingerprint density at radius 1 is 1.06 bits per heavy atom. The van der Waals surface area contributed by atoms with Crippen molar-refractivity contribution in [2.75, 3.05) is 19.0 Å². The van der Waals surface area contributed by atoms with E-state index in [0.29, 0.717) is 51.7 Å². The average molecular weight is 729 g/mol. The van der Waals surface area contributed by atoms with Crippen molar-refractivity contribution in [2.45, 2.75) is 109 Å². The van der Waals surface area contributed by atoms with Crippen LogP contribution in [0.1, 0.15) is 66.7 Å². The molecule has 2 aromatic heterocycles. The van der Waals surface area contributed by atoms with Crippen molar-refractivity contribution in [1.29, 1.82) is 0 Å². The number of aromatic nitrogens is 2. The lowest BCUT2D eigenvalue weighted by atomic mass is 9.85. The lowest BCUT2D eigenvalue weighted by Gasteiger charge is -2.35.